The second kappa shape index (κ2) is 27.5. The molecule has 1 N–H and O–H groups in total. The standard InChI is InChI=1S/C31H61NO3/c1-4-6-8-10-12-14-15-16-17-18-20-22-24-26-28-35-31(34)29(3)32-30(33)27-25-23-21-19-13-11-9-7-5-2/h29H,4-28H2,1-3H3,(H,32,33)/t29-/m0/s1. The van der Waals surface area contributed by atoms with Crippen LogP contribution in [0.15, 0.2) is 0 Å². The van der Waals surface area contributed by atoms with Crippen LogP contribution in [0.5, 0.6) is 0 Å². The van der Waals surface area contributed by atoms with Crippen molar-refractivity contribution < 1.29 is 14.3 Å². The quantitative estimate of drug-likeness (QED) is 0.0911. The minimum atomic E-state index is -0.548. The average Bonchev–Trinajstić information content (AvgIpc) is 2.85. The molecule has 4 nitrogen and oxygen atoms in total. The number of amides is 1. The highest BCUT2D eigenvalue weighted by Crippen LogP contribution is 2.13. The van der Waals surface area contributed by atoms with E-state index in [0.29, 0.717) is 13.0 Å². The van der Waals surface area contributed by atoms with Crippen LogP contribution in [-0.2, 0) is 14.3 Å². The largest absolute Gasteiger partial charge is 0.464 e. The van der Waals surface area contributed by atoms with Crippen molar-refractivity contribution in [2.45, 2.75) is 181 Å². The summed E-state index contributed by atoms with van der Waals surface area (Å²) in [7, 11) is 0. The molecular weight excluding hydrogens is 434 g/mol. The Bertz CT molecular complexity index is 466. The molecule has 0 unspecified atom stereocenters. The lowest BCUT2D eigenvalue weighted by Gasteiger charge is -2.13. The predicted octanol–water partition coefficient (Wildman–Crippen LogP) is 9.44. The van der Waals surface area contributed by atoms with Gasteiger partial charge in [-0.2, -0.15) is 0 Å². The molecule has 0 saturated heterocycles. The van der Waals surface area contributed by atoms with Gasteiger partial charge in [-0.15, -0.1) is 0 Å². The van der Waals surface area contributed by atoms with Gasteiger partial charge in [0.1, 0.15) is 6.04 Å². The molecule has 1 amide bonds. The number of unbranched alkanes of at least 4 members (excludes halogenated alkanes) is 21. The van der Waals surface area contributed by atoms with Crippen LogP contribution in [0.4, 0.5) is 0 Å². The summed E-state index contributed by atoms with van der Waals surface area (Å²) in [6.07, 6.45) is 30.0. The van der Waals surface area contributed by atoms with Crippen molar-refractivity contribution in [3.63, 3.8) is 0 Å². The molecule has 0 fully saturated rings. The van der Waals surface area contributed by atoms with Crippen molar-refractivity contribution in [2.75, 3.05) is 6.61 Å². The third kappa shape index (κ3) is 25.8. The molecule has 35 heavy (non-hydrogen) atoms. The molecule has 1 atom stereocenters. The maximum atomic E-state index is 12.1. The zero-order valence-electron chi connectivity index (χ0n) is 24.0. The van der Waals surface area contributed by atoms with Gasteiger partial charge in [0, 0.05) is 6.42 Å². The molecular formula is C31H61NO3. The van der Waals surface area contributed by atoms with Gasteiger partial charge in [0.05, 0.1) is 6.61 Å². The van der Waals surface area contributed by atoms with Gasteiger partial charge in [-0.3, -0.25) is 4.79 Å². The number of nitrogens with one attached hydrogen (secondary N) is 1. The average molecular weight is 496 g/mol. The van der Waals surface area contributed by atoms with Gasteiger partial charge in [-0.1, -0.05) is 149 Å². The van der Waals surface area contributed by atoms with E-state index < -0.39 is 6.04 Å². The van der Waals surface area contributed by atoms with Gasteiger partial charge in [0.2, 0.25) is 5.91 Å². The summed E-state index contributed by atoms with van der Waals surface area (Å²) in [6, 6.07) is -0.548. The first-order valence-corrected chi connectivity index (χ1v) is 15.6. The van der Waals surface area contributed by atoms with Crippen LogP contribution >= 0.6 is 0 Å². The van der Waals surface area contributed by atoms with Crippen molar-refractivity contribution in [3.8, 4) is 0 Å². The summed E-state index contributed by atoms with van der Waals surface area (Å²) in [5.74, 6) is -0.339. The second-order valence-electron chi connectivity index (χ2n) is 10.6. The lowest BCUT2D eigenvalue weighted by molar-refractivity contribution is -0.147. The van der Waals surface area contributed by atoms with Crippen LogP contribution in [0.3, 0.4) is 0 Å². The fourth-order valence-electron chi connectivity index (χ4n) is 4.56. The molecule has 0 aromatic heterocycles. The van der Waals surface area contributed by atoms with Crippen LogP contribution in [-0.4, -0.2) is 24.5 Å². The maximum Gasteiger partial charge on any atom is 0.328 e. The number of esters is 1. The van der Waals surface area contributed by atoms with E-state index in [2.05, 4.69) is 19.2 Å². The molecule has 0 aliphatic carbocycles. The Morgan fingerprint density at radius 1 is 0.543 bits per heavy atom. The number of hydrogen-bond acceptors (Lipinski definition) is 3. The van der Waals surface area contributed by atoms with Gasteiger partial charge < -0.3 is 10.1 Å². The highest BCUT2D eigenvalue weighted by Gasteiger charge is 2.16. The third-order valence-electron chi connectivity index (χ3n) is 6.98. The zero-order chi connectivity index (χ0) is 25.8. The van der Waals surface area contributed by atoms with Crippen LogP contribution in [0.25, 0.3) is 0 Å². The topological polar surface area (TPSA) is 55.4 Å². The summed E-state index contributed by atoms with van der Waals surface area (Å²) in [4.78, 5) is 24.2. The van der Waals surface area contributed by atoms with Crippen molar-refractivity contribution in [1.82, 2.24) is 5.32 Å². The Balaban J connectivity index is 3.42. The molecule has 0 rings (SSSR count). The highest BCUT2D eigenvalue weighted by atomic mass is 16.5. The monoisotopic (exact) mass is 495 g/mol. The van der Waals surface area contributed by atoms with E-state index in [1.165, 1.54) is 122 Å². The van der Waals surface area contributed by atoms with E-state index in [4.69, 9.17) is 4.74 Å². The summed E-state index contributed by atoms with van der Waals surface area (Å²) in [5, 5.41) is 2.79. The fourth-order valence-corrected chi connectivity index (χ4v) is 4.56. The molecule has 0 aliphatic heterocycles. The number of carbonyl (C=O) groups is 2. The highest BCUT2D eigenvalue weighted by molar-refractivity contribution is 5.84. The summed E-state index contributed by atoms with van der Waals surface area (Å²) >= 11 is 0. The second-order valence-corrected chi connectivity index (χ2v) is 10.6. The number of ether oxygens (including phenoxy) is 1. The van der Waals surface area contributed by atoms with Gasteiger partial charge >= 0.3 is 5.97 Å². The maximum absolute atomic E-state index is 12.1. The normalized spacial score (nSPS) is 12.0. The van der Waals surface area contributed by atoms with Crippen LogP contribution in [0.1, 0.15) is 175 Å². The van der Waals surface area contributed by atoms with Crippen LogP contribution < -0.4 is 5.32 Å². The van der Waals surface area contributed by atoms with Gasteiger partial charge in [0.25, 0.3) is 0 Å². The lowest BCUT2D eigenvalue weighted by atomic mass is 10.0. The van der Waals surface area contributed by atoms with E-state index in [1.807, 2.05) is 0 Å². The van der Waals surface area contributed by atoms with E-state index in [1.54, 1.807) is 6.92 Å². The van der Waals surface area contributed by atoms with E-state index in [0.717, 1.165) is 25.7 Å². The third-order valence-corrected chi connectivity index (χ3v) is 6.98. The number of carbonyl (C=O) groups excluding carboxylic acids is 2. The molecule has 4 heteroatoms. The molecule has 0 aliphatic rings. The molecule has 0 bridgehead atoms. The minimum absolute atomic E-state index is 0.0334. The minimum Gasteiger partial charge on any atom is -0.464 e. The van der Waals surface area contributed by atoms with Gasteiger partial charge in [-0.05, 0) is 19.8 Å². The zero-order valence-corrected chi connectivity index (χ0v) is 24.0. The van der Waals surface area contributed by atoms with Gasteiger partial charge in [0.15, 0.2) is 0 Å². The summed E-state index contributed by atoms with van der Waals surface area (Å²) in [5.41, 5.74) is 0. The Labute approximate surface area is 219 Å². The first-order chi connectivity index (χ1) is 17.1. The van der Waals surface area contributed by atoms with E-state index >= 15 is 0 Å². The first kappa shape index (κ1) is 33.9. The van der Waals surface area contributed by atoms with E-state index in [-0.39, 0.29) is 11.9 Å². The van der Waals surface area contributed by atoms with Crippen molar-refractivity contribution in [1.29, 1.82) is 0 Å². The van der Waals surface area contributed by atoms with Crippen molar-refractivity contribution in [3.05, 3.63) is 0 Å². The van der Waals surface area contributed by atoms with Crippen LogP contribution in [0.2, 0.25) is 0 Å². The first-order valence-electron chi connectivity index (χ1n) is 15.6. The number of rotatable bonds is 27. The van der Waals surface area contributed by atoms with Crippen LogP contribution in [0, 0.1) is 0 Å². The fraction of sp³-hybridized carbons (Fsp3) is 0.935. The summed E-state index contributed by atoms with van der Waals surface area (Å²) in [6.45, 7) is 6.71. The summed E-state index contributed by atoms with van der Waals surface area (Å²) < 4.78 is 5.36. The Kier molecular flexibility index (Phi) is 26.7. The van der Waals surface area contributed by atoms with Crippen molar-refractivity contribution >= 4 is 11.9 Å². The Morgan fingerprint density at radius 2 is 0.886 bits per heavy atom. The molecule has 0 spiro atoms. The predicted molar refractivity (Wildman–Crippen MR) is 151 cm³/mol. The molecule has 208 valence electrons. The number of hydrogen-bond donors (Lipinski definition) is 1. The molecule has 0 radical (unpaired) electrons. The molecule has 0 aromatic carbocycles. The van der Waals surface area contributed by atoms with Crippen molar-refractivity contribution in [2.24, 2.45) is 0 Å². The molecule has 0 aromatic rings. The van der Waals surface area contributed by atoms with Gasteiger partial charge in [-0.25, -0.2) is 4.79 Å². The van der Waals surface area contributed by atoms with E-state index in [9.17, 15) is 9.59 Å². The SMILES string of the molecule is CCCCCCCCCCCCCCCCOC(=O)[C@H](C)NC(=O)CCCCCCCCCCC. The Hall–Kier alpha value is -1.06. The lowest BCUT2D eigenvalue weighted by Crippen LogP contribution is -2.39. The molecule has 0 heterocycles. The smallest absolute Gasteiger partial charge is 0.328 e. The molecule has 0 saturated carbocycles. The Morgan fingerprint density at radius 3 is 1.29 bits per heavy atom.